The topological polar surface area (TPSA) is 94.1 Å². The van der Waals surface area contributed by atoms with E-state index in [-0.39, 0.29) is 17.4 Å². The van der Waals surface area contributed by atoms with Gasteiger partial charge in [0.2, 0.25) is 5.91 Å². The number of halogens is 3. The number of amides is 3. The quantitative estimate of drug-likeness (QED) is 0.739. The summed E-state index contributed by atoms with van der Waals surface area (Å²) in [5.74, 6) is -2.50. The first-order valence-electron chi connectivity index (χ1n) is 10.7. The zero-order valence-corrected chi connectivity index (χ0v) is 17.7. The molecular formula is C21H27F3N4O4. The molecule has 11 heteroatoms. The summed E-state index contributed by atoms with van der Waals surface area (Å²) in [6, 6.07) is 5.99. The summed E-state index contributed by atoms with van der Waals surface area (Å²) >= 11 is 0. The number of nitrogens with zero attached hydrogens (tertiary/aromatic N) is 4. The van der Waals surface area contributed by atoms with E-state index in [4.69, 9.17) is 9.90 Å². The molecule has 3 amide bonds. The van der Waals surface area contributed by atoms with Crippen LogP contribution >= 0.6 is 0 Å². The van der Waals surface area contributed by atoms with Gasteiger partial charge in [0.15, 0.2) is 0 Å². The van der Waals surface area contributed by atoms with Crippen LogP contribution in [0, 0.1) is 5.41 Å². The lowest BCUT2D eigenvalue weighted by atomic mass is 9.77. The summed E-state index contributed by atoms with van der Waals surface area (Å²) in [6.07, 6.45) is 1.42. The van der Waals surface area contributed by atoms with Gasteiger partial charge < -0.3 is 19.8 Å². The first kappa shape index (κ1) is 23.8. The van der Waals surface area contributed by atoms with E-state index in [0.717, 1.165) is 57.4 Å². The maximum atomic E-state index is 13.0. The third-order valence-electron chi connectivity index (χ3n) is 6.29. The Bertz CT molecular complexity index is 820. The Balaban J connectivity index is 0.000000360. The normalized spacial score (nSPS) is 20.3. The second-order valence-electron chi connectivity index (χ2n) is 8.34. The number of carbonyl (C=O) groups is 3. The first-order chi connectivity index (χ1) is 15.1. The average Bonchev–Trinajstić information content (AvgIpc) is 3.40. The van der Waals surface area contributed by atoms with Crippen molar-refractivity contribution in [3.8, 4) is 0 Å². The number of piperidine rings is 1. The van der Waals surface area contributed by atoms with Crippen molar-refractivity contribution in [2.24, 2.45) is 5.41 Å². The summed E-state index contributed by atoms with van der Waals surface area (Å²) < 4.78 is 31.7. The van der Waals surface area contributed by atoms with Crippen LogP contribution in [0.1, 0.15) is 37.8 Å². The largest absolute Gasteiger partial charge is 0.490 e. The van der Waals surface area contributed by atoms with Crippen LogP contribution in [0.15, 0.2) is 24.4 Å². The molecule has 176 valence electrons. The summed E-state index contributed by atoms with van der Waals surface area (Å²) in [6.45, 7) is 4.58. The standard InChI is InChI=1S/C19H26N4O2.C2HF3O2/c24-17-19(8-14-23(17)15-16-5-1-2-9-20-16)6-12-22(13-7-19)18(25)21-10-3-4-11-21;3-2(4,5)1(6)7/h1-2,5,9H,3-4,6-8,10-15H2;(H,6,7). The minimum Gasteiger partial charge on any atom is -0.475 e. The lowest BCUT2D eigenvalue weighted by Crippen LogP contribution is -2.50. The smallest absolute Gasteiger partial charge is 0.475 e. The number of aliphatic carboxylic acids is 1. The zero-order valence-electron chi connectivity index (χ0n) is 17.7. The molecule has 3 aliphatic rings. The van der Waals surface area contributed by atoms with Gasteiger partial charge >= 0.3 is 18.2 Å². The molecule has 0 unspecified atom stereocenters. The first-order valence-corrected chi connectivity index (χ1v) is 10.7. The SMILES string of the molecule is O=C(N1CCCC1)N1CCC2(CC1)CCN(Cc1ccccn1)C2=O.O=C(O)C(F)(F)F. The molecular weight excluding hydrogens is 429 g/mol. The van der Waals surface area contributed by atoms with Crippen molar-refractivity contribution in [1.29, 1.82) is 0 Å². The number of likely N-dealkylation sites (tertiary alicyclic amines) is 3. The lowest BCUT2D eigenvalue weighted by molar-refractivity contribution is -0.192. The average molecular weight is 456 g/mol. The number of aromatic nitrogens is 1. The van der Waals surface area contributed by atoms with Crippen LogP contribution in [0.3, 0.4) is 0 Å². The number of hydrogen-bond donors (Lipinski definition) is 1. The van der Waals surface area contributed by atoms with Crippen molar-refractivity contribution in [2.45, 2.75) is 44.8 Å². The van der Waals surface area contributed by atoms with E-state index in [1.807, 2.05) is 32.9 Å². The highest BCUT2D eigenvalue weighted by Gasteiger charge is 2.48. The molecule has 1 aromatic rings. The number of carbonyl (C=O) groups excluding carboxylic acids is 2. The molecule has 0 aliphatic carbocycles. The summed E-state index contributed by atoms with van der Waals surface area (Å²) in [4.78, 5) is 44.6. The molecule has 0 aromatic carbocycles. The Morgan fingerprint density at radius 1 is 1.00 bits per heavy atom. The predicted octanol–water partition coefficient (Wildman–Crippen LogP) is 2.75. The second kappa shape index (κ2) is 9.74. The van der Waals surface area contributed by atoms with Gasteiger partial charge in [0.05, 0.1) is 17.7 Å². The van der Waals surface area contributed by atoms with Crippen molar-refractivity contribution < 1.29 is 32.7 Å². The molecule has 3 saturated heterocycles. The number of carboxylic acids is 1. The molecule has 4 rings (SSSR count). The maximum absolute atomic E-state index is 13.0. The highest BCUT2D eigenvalue weighted by atomic mass is 19.4. The van der Waals surface area contributed by atoms with E-state index >= 15 is 0 Å². The van der Waals surface area contributed by atoms with Crippen LogP contribution in [0.2, 0.25) is 0 Å². The Labute approximate surface area is 184 Å². The molecule has 0 atom stereocenters. The number of rotatable bonds is 2. The fourth-order valence-electron chi connectivity index (χ4n) is 4.43. The molecule has 1 spiro atoms. The number of carboxylic acid groups (broad SMARTS) is 1. The van der Waals surface area contributed by atoms with E-state index in [1.54, 1.807) is 6.20 Å². The Kier molecular flexibility index (Phi) is 7.25. The highest BCUT2D eigenvalue weighted by Crippen LogP contribution is 2.42. The minimum absolute atomic E-state index is 0.170. The lowest BCUT2D eigenvalue weighted by Gasteiger charge is -2.39. The van der Waals surface area contributed by atoms with Crippen LogP contribution in [0.4, 0.5) is 18.0 Å². The highest BCUT2D eigenvalue weighted by molar-refractivity contribution is 5.85. The number of pyridine rings is 1. The van der Waals surface area contributed by atoms with Gasteiger partial charge in [-0.1, -0.05) is 6.07 Å². The summed E-state index contributed by atoms with van der Waals surface area (Å²) in [5.41, 5.74) is 0.686. The van der Waals surface area contributed by atoms with Crippen LogP contribution in [0.5, 0.6) is 0 Å². The molecule has 3 aliphatic heterocycles. The van der Waals surface area contributed by atoms with Crippen molar-refractivity contribution in [3.63, 3.8) is 0 Å². The van der Waals surface area contributed by atoms with Gasteiger partial charge in [-0.3, -0.25) is 9.78 Å². The molecule has 32 heavy (non-hydrogen) atoms. The summed E-state index contributed by atoms with van der Waals surface area (Å²) in [5, 5.41) is 7.12. The fourth-order valence-corrected chi connectivity index (χ4v) is 4.43. The zero-order chi connectivity index (χ0) is 23.4. The third-order valence-corrected chi connectivity index (χ3v) is 6.29. The van der Waals surface area contributed by atoms with Crippen LogP contribution in [-0.2, 0) is 16.1 Å². The van der Waals surface area contributed by atoms with Gasteiger partial charge in [0.1, 0.15) is 0 Å². The van der Waals surface area contributed by atoms with Crippen LogP contribution in [0.25, 0.3) is 0 Å². The summed E-state index contributed by atoms with van der Waals surface area (Å²) in [7, 11) is 0. The Morgan fingerprint density at radius 3 is 2.09 bits per heavy atom. The second-order valence-corrected chi connectivity index (χ2v) is 8.34. The van der Waals surface area contributed by atoms with E-state index in [1.165, 1.54) is 0 Å². The van der Waals surface area contributed by atoms with Crippen molar-refractivity contribution in [1.82, 2.24) is 19.7 Å². The van der Waals surface area contributed by atoms with E-state index in [9.17, 15) is 22.8 Å². The Morgan fingerprint density at radius 2 is 1.56 bits per heavy atom. The van der Waals surface area contributed by atoms with Crippen molar-refractivity contribution in [2.75, 3.05) is 32.7 Å². The van der Waals surface area contributed by atoms with Crippen LogP contribution < -0.4 is 0 Å². The molecule has 0 radical (unpaired) electrons. The third kappa shape index (κ3) is 5.49. The van der Waals surface area contributed by atoms with Gasteiger partial charge in [-0.25, -0.2) is 9.59 Å². The van der Waals surface area contributed by atoms with Gasteiger partial charge in [-0.15, -0.1) is 0 Å². The van der Waals surface area contributed by atoms with E-state index in [2.05, 4.69) is 4.98 Å². The number of urea groups is 1. The van der Waals surface area contributed by atoms with Gasteiger partial charge in [0, 0.05) is 38.9 Å². The van der Waals surface area contributed by atoms with Gasteiger partial charge in [0.25, 0.3) is 0 Å². The fraction of sp³-hybridized carbons (Fsp3) is 0.619. The van der Waals surface area contributed by atoms with Gasteiger partial charge in [-0.2, -0.15) is 13.2 Å². The van der Waals surface area contributed by atoms with E-state index < -0.39 is 12.1 Å². The number of hydrogen-bond acceptors (Lipinski definition) is 4. The molecule has 8 nitrogen and oxygen atoms in total. The molecule has 0 bridgehead atoms. The molecule has 0 saturated carbocycles. The Hall–Kier alpha value is -2.85. The van der Waals surface area contributed by atoms with E-state index in [0.29, 0.717) is 19.6 Å². The molecule has 4 heterocycles. The minimum atomic E-state index is -5.08. The van der Waals surface area contributed by atoms with Gasteiger partial charge in [-0.05, 0) is 44.2 Å². The predicted molar refractivity (Wildman–Crippen MR) is 107 cm³/mol. The van der Waals surface area contributed by atoms with Crippen LogP contribution in [-0.4, -0.2) is 81.6 Å². The monoisotopic (exact) mass is 456 g/mol. The number of alkyl halides is 3. The van der Waals surface area contributed by atoms with Crippen molar-refractivity contribution >= 4 is 17.9 Å². The molecule has 1 N–H and O–H groups in total. The molecule has 1 aromatic heterocycles. The molecule has 3 fully saturated rings. The van der Waals surface area contributed by atoms with Crippen molar-refractivity contribution in [3.05, 3.63) is 30.1 Å². The maximum Gasteiger partial charge on any atom is 0.490 e.